The van der Waals surface area contributed by atoms with Crippen LogP contribution < -0.4 is 23.5 Å². The summed E-state index contributed by atoms with van der Waals surface area (Å²) in [6.45, 7) is 6.46. The minimum absolute atomic E-state index is 0. The molecule has 0 aliphatic carbocycles. The molecule has 2 fully saturated rings. The van der Waals surface area contributed by atoms with Crippen molar-refractivity contribution in [3.8, 4) is 22.5 Å². The molecule has 0 spiro atoms. The summed E-state index contributed by atoms with van der Waals surface area (Å²) in [4.78, 5) is 69.2. The van der Waals surface area contributed by atoms with Crippen LogP contribution >= 0.6 is 12.4 Å². The van der Waals surface area contributed by atoms with Crippen LogP contribution in [-0.2, 0) is 22.7 Å². The number of amides is 2. The van der Waals surface area contributed by atoms with Gasteiger partial charge in [0.2, 0.25) is 11.8 Å². The van der Waals surface area contributed by atoms with Crippen molar-refractivity contribution in [2.75, 3.05) is 72.7 Å². The Hall–Kier alpha value is -6.30. The number of nitrogens with zero attached hydrogens (tertiary/aromatic N) is 4. The van der Waals surface area contributed by atoms with E-state index in [-0.39, 0.29) is 55.2 Å². The summed E-state index contributed by atoms with van der Waals surface area (Å²) < 4.78 is 0. The number of hydrogen-bond acceptors (Lipinski definition) is 9. The summed E-state index contributed by atoms with van der Waals surface area (Å²) in [5, 5.41) is 29.1. The van der Waals surface area contributed by atoms with Crippen molar-refractivity contribution in [3.05, 3.63) is 141 Å². The van der Waals surface area contributed by atoms with Crippen LogP contribution in [0, 0.1) is 0 Å². The van der Waals surface area contributed by atoms with Gasteiger partial charge in [-0.15, -0.1) is 12.4 Å². The molecular weight excluding hydrogens is 896 g/mol. The molecule has 2 amide bonds. The standard InChI is InChI=1S/2C24H24N4O3.CH4O.CH4.2ClH/c2*29-15-23(30)28-9-7-27(8-10-28)14-16-5-6-21-18(11-16)13-22(25-21)19-12-17-3-1-2-4-20(17)26-24(19)31;1-2;;;/h2*1-6,11-13,25,29H,7-10,14-15H2,(H,26,31);2H,1H3;1H4;2*1H/p-1. The van der Waals surface area contributed by atoms with E-state index in [2.05, 4.69) is 66.1 Å². The Bertz CT molecular complexity index is 2850. The molecule has 4 aromatic carbocycles. The highest BCUT2D eigenvalue weighted by molar-refractivity contribution is 5.90. The molecule has 67 heavy (non-hydrogen) atoms. The van der Waals surface area contributed by atoms with Gasteiger partial charge in [-0.1, -0.05) is 56.0 Å². The van der Waals surface area contributed by atoms with Crippen LogP contribution in [0.25, 0.3) is 66.1 Å². The molecule has 0 atom stereocenters. The van der Waals surface area contributed by atoms with Gasteiger partial charge in [-0.2, -0.15) is 0 Å². The van der Waals surface area contributed by atoms with Crippen LogP contribution in [0.4, 0.5) is 0 Å². The number of carbonyl (C=O) groups is 2. The lowest BCUT2D eigenvalue weighted by Gasteiger charge is -2.34. The number of benzene rings is 4. The number of carbonyl (C=O) groups excluding carboxylic acids is 2. The van der Waals surface area contributed by atoms with Gasteiger partial charge in [-0.3, -0.25) is 29.0 Å². The van der Waals surface area contributed by atoms with Crippen LogP contribution in [0.3, 0.4) is 0 Å². The first-order chi connectivity index (χ1) is 31.2. The summed E-state index contributed by atoms with van der Waals surface area (Å²) in [6, 6.07) is 36.0. The van der Waals surface area contributed by atoms with E-state index in [9.17, 15) is 19.2 Å². The van der Waals surface area contributed by atoms with Crippen LogP contribution in [-0.4, -0.2) is 139 Å². The van der Waals surface area contributed by atoms with Crippen molar-refractivity contribution in [1.82, 2.24) is 39.5 Å². The van der Waals surface area contributed by atoms with Gasteiger partial charge in [-0.25, -0.2) is 0 Å². The molecule has 0 bridgehead atoms. The van der Waals surface area contributed by atoms with Crippen molar-refractivity contribution in [1.29, 1.82) is 0 Å². The van der Waals surface area contributed by atoms with Crippen molar-refractivity contribution < 1.29 is 37.3 Å². The summed E-state index contributed by atoms with van der Waals surface area (Å²) in [5.74, 6) is -0.408. The monoisotopic (exact) mass is 951 g/mol. The summed E-state index contributed by atoms with van der Waals surface area (Å²) in [7, 11) is 1.00. The number of para-hydroxylation sites is 2. The highest BCUT2D eigenvalue weighted by atomic mass is 35.5. The van der Waals surface area contributed by atoms with E-state index in [1.807, 2.05) is 72.8 Å². The lowest BCUT2D eigenvalue weighted by Crippen LogP contribution is -3.00. The Labute approximate surface area is 399 Å². The largest absolute Gasteiger partial charge is 1.00 e. The predicted molar refractivity (Wildman–Crippen MR) is 264 cm³/mol. The number of nitrogens with one attached hydrogen (secondary N) is 4. The average molecular weight is 953 g/mol. The topological polar surface area (TPSA) is 205 Å². The molecular formula is C50H57Cl2N8O7-. The zero-order valence-electron chi connectivity index (χ0n) is 36.4. The van der Waals surface area contributed by atoms with Gasteiger partial charge in [0.15, 0.2) is 0 Å². The van der Waals surface area contributed by atoms with E-state index in [1.54, 1.807) is 9.80 Å². The van der Waals surface area contributed by atoms with E-state index >= 15 is 0 Å². The number of aliphatic hydroxyl groups is 3. The number of rotatable bonds is 8. The number of halogens is 2. The fourth-order valence-electron chi connectivity index (χ4n) is 8.57. The van der Waals surface area contributed by atoms with Gasteiger partial charge in [0.25, 0.3) is 11.1 Å². The maximum absolute atomic E-state index is 12.6. The fourth-order valence-corrected chi connectivity index (χ4v) is 8.57. The molecule has 15 nitrogen and oxygen atoms in total. The third kappa shape index (κ3) is 11.8. The number of H-pyrrole nitrogens is 4. The lowest BCUT2D eigenvalue weighted by atomic mass is 10.1. The molecule has 4 aromatic heterocycles. The second-order valence-corrected chi connectivity index (χ2v) is 16.0. The van der Waals surface area contributed by atoms with E-state index in [0.29, 0.717) is 37.3 Å². The van der Waals surface area contributed by atoms with Gasteiger partial charge >= 0.3 is 0 Å². The van der Waals surface area contributed by atoms with Crippen molar-refractivity contribution >= 4 is 67.8 Å². The third-order valence-corrected chi connectivity index (χ3v) is 12.0. The SMILES string of the molecule is C.CO.Cl.O=C(CO)N1CCN(Cc2ccc3[nH]c(-c4cc5ccccc5[nH]c4=O)cc3c2)CC1.O=C(CO)N1CCN(Cc2ccc3[nH]c(-c4cc5ccccc5[nH]c4=O)cc3c2)CC1.[Cl-]. The number of aromatic amines is 4. The summed E-state index contributed by atoms with van der Waals surface area (Å²) in [6.07, 6.45) is 0. The molecule has 0 radical (unpaired) electrons. The Balaban J connectivity index is 0.000000232. The molecule has 7 N–H and O–H groups in total. The highest BCUT2D eigenvalue weighted by Crippen LogP contribution is 2.27. The smallest absolute Gasteiger partial charge is 0.257 e. The Morgan fingerprint density at radius 2 is 0.851 bits per heavy atom. The zero-order valence-corrected chi connectivity index (χ0v) is 38.0. The third-order valence-electron chi connectivity index (χ3n) is 12.0. The van der Waals surface area contributed by atoms with Crippen LogP contribution in [0.1, 0.15) is 18.6 Å². The first-order valence-electron chi connectivity index (χ1n) is 21.4. The average Bonchev–Trinajstić information content (AvgIpc) is 3.96. The van der Waals surface area contributed by atoms with Crippen molar-refractivity contribution in [2.24, 2.45) is 0 Å². The zero-order chi connectivity index (χ0) is 44.7. The molecule has 354 valence electrons. The molecule has 8 aromatic rings. The van der Waals surface area contributed by atoms with Crippen molar-refractivity contribution in [3.63, 3.8) is 0 Å². The number of aliphatic hydroxyl groups excluding tert-OH is 3. The fraction of sp³-hybridized carbons (Fsp3) is 0.280. The molecule has 17 heteroatoms. The quantitative estimate of drug-likeness (QED) is 0.119. The first kappa shape index (κ1) is 51.7. The first-order valence-corrected chi connectivity index (χ1v) is 21.4. The van der Waals surface area contributed by atoms with Crippen molar-refractivity contribution in [2.45, 2.75) is 20.5 Å². The van der Waals surface area contributed by atoms with Gasteiger partial charge in [0, 0.05) is 105 Å². The van der Waals surface area contributed by atoms with Gasteiger partial charge in [0.05, 0.1) is 22.5 Å². The maximum atomic E-state index is 12.6. The number of pyridine rings is 2. The lowest BCUT2D eigenvalue weighted by molar-refractivity contribution is -0.136. The van der Waals surface area contributed by atoms with Crippen LogP contribution in [0.2, 0.25) is 0 Å². The van der Waals surface area contributed by atoms with Gasteiger partial charge in [-0.05, 0) is 82.6 Å². The number of aromatic nitrogens is 4. The Morgan fingerprint density at radius 1 is 0.493 bits per heavy atom. The number of hydrogen-bond donors (Lipinski definition) is 7. The minimum Gasteiger partial charge on any atom is -1.00 e. The summed E-state index contributed by atoms with van der Waals surface area (Å²) >= 11 is 0. The maximum Gasteiger partial charge on any atom is 0.257 e. The van der Waals surface area contributed by atoms with E-state index in [1.165, 1.54) is 11.1 Å². The minimum atomic E-state index is -0.424. The van der Waals surface area contributed by atoms with Crippen LogP contribution in [0.5, 0.6) is 0 Å². The van der Waals surface area contributed by atoms with E-state index in [4.69, 9.17) is 15.3 Å². The van der Waals surface area contributed by atoms with Gasteiger partial charge in [0.1, 0.15) is 13.2 Å². The molecule has 2 aliphatic rings. The normalized spacial score (nSPS) is 14.0. The second-order valence-electron chi connectivity index (χ2n) is 16.0. The van der Waals surface area contributed by atoms with Crippen LogP contribution in [0.15, 0.2) is 119 Å². The molecule has 2 aliphatic heterocycles. The van der Waals surface area contributed by atoms with E-state index < -0.39 is 13.2 Å². The predicted octanol–water partition coefficient (Wildman–Crippen LogP) is 2.30. The molecule has 6 heterocycles. The highest BCUT2D eigenvalue weighted by Gasteiger charge is 2.22. The molecule has 10 rings (SSSR count). The molecule has 2 saturated heterocycles. The summed E-state index contributed by atoms with van der Waals surface area (Å²) in [5.41, 5.74) is 8.65. The van der Waals surface area contributed by atoms with E-state index in [0.717, 1.165) is 101 Å². The molecule has 0 unspecified atom stereocenters. The van der Waals surface area contributed by atoms with Gasteiger partial charge < -0.3 is 57.5 Å². The Morgan fingerprint density at radius 3 is 1.22 bits per heavy atom. The molecule has 0 saturated carbocycles. The second kappa shape index (κ2) is 23.4. The number of fused-ring (bicyclic) bond motifs is 4. The Kier molecular flexibility index (Phi) is 18.1. The number of piperazine rings is 2.